The van der Waals surface area contributed by atoms with E-state index in [9.17, 15) is 13.6 Å². The lowest BCUT2D eigenvalue weighted by Crippen LogP contribution is -2.44. The molecule has 0 radical (unpaired) electrons. The molecule has 0 saturated carbocycles. The Morgan fingerprint density at radius 2 is 2.15 bits per heavy atom. The lowest BCUT2D eigenvalue weighted by molar-refractivity contribution is -0.121. The van der Waals surface area contributed by atoms with E-state index in [0.717, 1.165) is 44.2 Å². The molecule has 2 aliphatic rings. The van der Waals surface area contributed by atoms with Crippen LogP contribution in [-0.4, -0.2) is 34.1 Å². The van der Waals surface area contributed by atoms with Crippen molar-refractivity contribution in [2.75, 3.05) is 6.54 Å². The molecular weight excluding hydrogens is 350 g/mol. The average Bonchev–Trinajstić information content (AvgIpc) is 2.95. The van der Waals surface area contributed by atoms with Crippen molar-refractivity contribution in [3.63, 3.8) is 0 Å². The first-order valence-corrected chi connectivity index (χ1v) is 9.52. The molecule has 7 heteroatoms. The van der Waals surface area contributed by atoms with Gasteiger partial charge in [-0.15, -0.1) is 0 Å². The Morgan fingerprint density at radius 1 is 1.30 bits per heavy atom. The maximum Gasteiger partial charge on any atom is 0.221 e. The van der Waals surface area contributed by atoms with Crippen LogP contribution in [0.1, 0.15) is 32.0 Å². The number of carbonyl (C=O) groups excluding carboxylic acids is 1. The van der Waals surface area contributed by atoms with E-state index in [2.05, 4.69) is 22.5 Å². The van der Waals surface area contributed by atoms with Crippen molar-refractivity contribution in [1.29, 1.82) is 0 Å². The van der Waals surface area contributed by atoms with Gasteiger partial charge in [-0.3, -0.25) is 4.79 Å². The summed E-state index contributed by atoms with van der Waals surface area (Å²) in [5, 5.41) is 6.59. The molecule has 1 saturated heterocycles. The fourth-order valence-electron chi connectivity index (χ4n) is 4.10. The first-order valence-electron chi connectivity index (χ1n) is 9.52. The molecule has 0 spiro atoms. The molecule has 4 rings (SSSR count). The smallest absolute Gasteiger partial charge is 0.221 e. The summed E-state index contributed by atoms with van der Waals surface area (Å²) in [4.78, 5) is 16.4. The van der Waals surface area contributed by atoms with Crippen molar-refractivity contribution in [2.24, 2.45) is 5.92 Å². The normalized spacial score (nSPS) is 25.6. The van der Waals surface area contributed by atoms with Crippen LogP contribution in [0.15, 0.2) is 24.4 Å². The number of imidazole rings is 1. The molecule has 27 heavy (non-hydrogen) atoms. The predicted octanol–water partition coefficient (Wildman–Crippen LogP) is 2.65. The maximum absolute atomic E-state index is 14.1. The Bertz CT molecular complexity index is 851. The molecule has 1 amide bonds. The highest BCUT2D eigenvalue weighted by atomic mass is 19.1. The van der Waals surface area contributed by atoms with Gasteiger partial charge in [0.2, 0.25) is 5.91 Å². The third kappa shape index (κ3) is 4.03. The standard InChI is InChI=1S/C20H24F2N4O/c1-12-6-15(8-20(27)23-9-12)24-14-3-5-19-25-18(11-26(19)10-14)16-4-2-13(21)7-17(16)22/h2,4,7,11-12,14-15,24H,3,5-6,8-10H2,1H3,(H,23,27). The predicted molar refractivity (Wildman–Crippen MR) is 98.0 cm³/mol. The molecule has 3 heterocycles. The van der Waals surface area contributed by atoms with Gasteiger partial charge in [0.25, 0.3) is 0 Å². The largest absolute Gasteiger partial charge is 0.356 e. The molecule has 0 aliphatic carbocycles. The lowest BCUT2D eigenvalue weighted by atomic mass is 9.99. The second-order valence-corrected chi connectivity index (χ2v) is 7.77. The molecule has 1 fully saturated rings. The Kier molecular flexibility index (Phi) is 4.95. The lowest BCUT2D eigenvalue weighted by Gasteiger charge is -2.29. The van der Waals surface area contributed by atoms with E-state index in [4.69, 9.17) is 0 Å². The van der Waals surface area contributed by atoms with Crippen molar-refractivity contribution in [3.8, 4) is 11.3 Å². The number of nitrogens with zero attached hydrogens (tertiary/aromatic N) is 2. The Labute approximate surface area is 157 Å². The zero-order valence-corrected chi connectivity index (χ0v) is 15.3. The van der Waals surface area contributed by atoms with Crippen LogP contribution < -0.4 is 10.6 Å². The molecule has 2 aliphatic heterocycles. The summed E-state index contributed by atoms with van der Waals surface area (Å²) in [5.74, 6) is 0.280. The van der Waals surface area contributed by atoms with Crippen LogP contribution in [0.25, 0.3) is 11.3 Å². The van der Waals surface area contributed by atoms with E-state index in [1.54, 1.807) is 0 Å². The highest BCUT2D eigenvalue weighted by Crippen LogP contribution is 2.26. The SMILES string of the molecule is CC1CNC(=O)CC(NC2CCc3nc(-c4ccc(F)cc4F)cn3C2)C1. The minimum absolute atomic E-state index is 0.102. The van der Waals surface area contributed by atoms with Gasteiger partial charge < -0.3 is 15.2 Å². The number of carbonyl (C=O) groups is 1. The van der Waals surface area contributed by atoms with Gasteiger partial charge in [-0.2, -0.15) is 0 Å². The number of fused-ring (bicyclic) bond motifs is 1. The van der Waals surface area contributed by atoms with Crippen LogP contribution in [-0.2, 0) is 17.8 Å². The van der Waals surface area contributed by atoms with E-state index >= 15 is 0 Å². The second-order valence-electron chi connectivity index (χ2n) is 7.77. The van der Waals surface area contributed by atoms with Crippen molar-refractivity contribution < 1.29 is 13.6 Å². The van der Waals surface area contributed by atoms with Gasteiger partial charge in [0, 0.05) is 55.8 Å². The number of halogens is 2. The fraction of sp³-hybridized carbons (Fsp3) is 0.500. The summed E-state index contributed by atoms with van der Waals surface area (Å²) in [7, 11) is 0. The van der Waals surface area contributed by atoms with Crippen LogP contribution in [0.4, 0.5) is 8.78 Å². The third-order valence-electron chi connectivity index (χ3n) is 5.44. The monoisotopic (exact) mass is 374 g/mol. The molecule has 1 aromatic heterocycles. The van der Waals surface area contributed by atoms with Gasteiger partial charge in [0.15, 0.2) is 0 Å². The Balaban J connectivity index is 1.47. The summed E-state index contributed by atoms with van der Waals surface area (Å²) in [5.41, 5.74) is 0.850. The molecular formula is C20H24F2N4O. The molecule has 144 valence electrons. The first-order chi connectivity index (χ1) is 13.0. The van der Waals surface area contributed by atoms with Crippen LogP contribution >= 0.6 is 0 Å². The zero-order chi connectivity index (χ0) is 19.0. The molecule has 2 aromatic rings. The average molecular weight is 374 g/mol. The zero-order valence-electron chi connectivity index (χ0n) is 15.3. The molecule has 3 atom stereocenters. The van der Waals surface area contributed by atoms with Crippen molar-refractivity contribution >= 4 is 5.91 Å². The van der Waals surface area contributed by atoms with Crippen LogP contribution in [0, 0.1) is 17.6 Å². The van der Waals surface area contributed by atoms with Gasteiger partial charge in [-0.1, -0.05) is 6.92 Å². The Morgan fingerprint density at radius 3 is 2.96 bits per heavy atom. The van der Waals surface area contributed by atoms with Crippen molar-refractivity contribution in [1.82, 2.24) is 20.2 Å². The highest BCUT2D eigenvalue weighted by Gasteiger charge is 2.27. The van der Waals surface area contributed by atoms with E-state index in [1.807, 2.05) is 10.8 Å². The minimum Gasteiger partial charge on any atom is -0.356 e. The number of benzene rings is 1. The molecule has 1 aromatic carbocycles. The number of hydrogen-bond donors (Lipinski definition) is 2. The van der Waals surface area contributed by atoms with Crippen LogP contribution in [0.3, 0.4) is 0 Å². The molecule has 5 nitrogen and oxygen atoms in total. The van der Waals surface area contributed by atoms with Gasteiger partial charge in [-0.05, 0) is 30.9 Å². The quantitative estimate of drug-likeness (QED) is 0.868. The number of rotatable bonds is 3. The second kappa shape index (κ2) is 7.38. The maximum atomic E-state index is 14.1. The highest BCUT2D eigenvalue weighted by molar-refractivity contribution is 5.76. The van der Waals surface area contributed by atoms with Crippen LogP contribution in [0.5, 0.6) is 0 Å². The van der Waals surface area contributed by atoms with E-state index < -0.39 is 11.6 Å². The number of aromatic nitrogens is 2. The minimum atomic E-state index is -0.599. The number of amides is 1. The van der Waals surface area contributed by atoms with Crippen LogP contribution in [0.2, 0.25) is 0 Å². The van der Waals surface area contributed by atoms with Gasteiger partial charge in [-0.25, -0.2) is 13.8 Å². The number of hydrogen-bond acceptors (Lipinski definition) is 3. The number of nitrogens with one attached hydrogen (secondary N) is 2. The molecule has 2 N–H and O–H groups in total. The summed E-state index contributed by atoms with van der Waals surface area (Å²) < 4.78 is 29.2. The molecule has 0 bridgehead atoms. The number of aryl methyl sites for hydroxylation is 1. The summed E-state index contributed by atoms with van der Waals surface area (Å²) in [6.07, 6.45) is 5.02. The third-order valence-corrected chi connectivity index (χ3v) is 5.44. The van der Waals surface area contributed by atoms with Crippen molar-refractivity contribution in [2.45, 2.75) is 51.2 Å². The molecule has 3 unspecified atom stereocenters. The van der Waals surface area contributed by atoms with Gasteiger partial charge in [0.1, 0.15) is 17.5 Å². The van der Waals surface area contributed by atoms with Crippen molar-refractivity contribution in [3.05, 3.63) is 41.9 Å². The summed E-state index contributed by atoms with van der Waals surface area (Å²) >= 11 is 0. The van der Waals surface area contributed by atoms with E-state index in [0.29, 0.717) is 23.6 Å². The summed E-state index contributed by atoms with van der Waals surface area (Å²) in [6.45, 7) is 3.62. The first kappa shape index (κ1) is 18.1. The van der Waals surface area contributed by atoms with Gasteiger partial charge in [0.05, 0.1) is 5.69 Å². The van der Waals surface area contributed by atoms with E-state index in [-0.39, 0.29) is 18.0 Å². The van der Waals surface area contributed by atoms with E-state index in [1.165, 1.54) is 12.1 Å². The van der Waals surface area contributed by atoms with Gasteiger partial charge >= 0.3 is 0 Å². The fourth-order valence-corrected chi connectivity index (χ4v) is 4.10. The summed E-state index contributed by atoms with van der Waals surface area (Å²) in [6, 6.07) is 3.99. The Hall–Kier alpha value is -2.28. The topological polar surface area (TPSA) is 59.0 Å².